The standard InChI is InChI=1S/C19H23N3O4S/c1-3-19(2)11-15(24)14-10-13(4-5-16(14)26-19)21-18(25)22(7-8-23)12-17-20-6-9-27-17/h4-6,9-10,23H,3,7-8,11-12H2,1-2H3,(H,21,25)/t19-/m1/s1. The number of carbonyl (C=O) groups is 2. The molecule has 2 heterocycles. The average molecular weight is 389 g/mol. The molecule has 0 saturated heterocycles. The molecule has 2 N–H and O–H groups in total. The molecule has 1 atom stereocenters. The van der Waals surface area contributed by atoms with Crippen LogP contribution in [0.5, 0.6) is 5.75 Å². The van der Waals surface area contributed by atoms with E-state index in [0.29, 0.717) is 30.0 Å². The number of rotatable bonds is 6. The van der Waals surface area contributed by atoms with Gasteiger partial charge in [0.25, 0.3) is 0 Å². The van der Waals surface area contributed by atoms with Crippen LogP contribution in [0, 0.1) is 0 Å². The third kappa shape index (κ3) is 4.45. The zero-order valence-electron chi connectivity index (χ0n) is 15.4. The van der Waals surface area contributed by atoms with Gasteiger partial charge in [-0.2, -0.15) is 0 Å². The first-order chi connectivity index (χ1) is 12.9. The number of anilines is 1. The minimum Gasteiger partial charge on any atom is -0.486 e. The number of urea groups is 1. The second kappa shape index (κ2) is 8.06. The lowest BCUT2D eigenvalue weighted by atomic mass is 9.89. The Morgan fingerprint density at radius 1 is 1.48 bits per heavy atom. The first kappa shape index (κ1) is 19.3. The quantitative estimate of drug-likeness (QED) is 0.791. The van der Waals surface area contributed by atoms with Crippen molar-refractivity contribution in [3.05, 3.63) is 40.3 Å². The van der Waals surface area contributed by atoms with Crippen LogP contribution in [0.2, 0.25) is 0 Å². The lowest BCUT2D eigenvalue weighted by Crippen LogP contribution is -2.38. The molecule has 1 aliphatic heterocycles. The molecule has 0 spiro atoms. The van der Waals surface area contributed by atoms with E-state index in [9.17, 15) is 14.7 Å². The number of hydrogen-bond acceptors (Lipinski definition) is 6. The van der Waals surface area contributed by atoms with Crippen molar-refractivity contribution in [2.45, 2.75) is 38.8 Å². The maximum Gasteiger partial charge on any atom is 0.322 e. The number of amides is 2. The molecule has 144 valence electrons. The molecule has 7 nitrogen and oxygen atoms in total. The van der Waals surface area contributed by atoms with Crippen LogP contribution in [0.4, 0.5) is 10.5 Å². The fourth-order valence-electron chi connectivity index (χ4n) is 2.92. The van der Waals surface area contributed by atoms with E-state index in [-0.39, 0.29) is 25.0 Å². The highest BCUT2D eigenvalue weighted by atomic mass is 32.1. The Morgan fingerprint density at radius 2 is 2.30 bits per heavy atom. The van der Waals surface area contributed by atoms with Crippen LogP contribution in [0.25, 0.3) is 0 Å². The summed E-state index contributed by atoms with van der Waals surface area (Å²) in [7, 11) is 0. The van der Waals surface area contributed by atoms with Gasteiger partial charge in [0.1, 0.15) is 16.4 Å². The zero-order valence-corrected chi connectivity index (χ0v) is 16.2. The Hall–Kier alpha value is -2.45. The maximum absolute atomic E-state index is 12.6. The van der Waals surface area contributed by atoms with Gasteiger partial charge in [-0.3, -0.25) is 4.79 Å². The van der Waals surface area contributed by atoms with E-state index < -0.39 is 5.60 Å². The summed E-state index contributed by atoms with van der Waals surface area (Å²) in [4.78, 5) is 30.7. The van der Waals surface area contributed by atoms with Gasteiger partial charge in [-0.15, -0.1) is 11.3 Å². The highest BCUT2D eigenvalue weighted by Crippen LogP contribution is 2.36. The number of aliphatic hydroxyl groups excluding tert-OH is 1. The maximum atomic E-state index is 12.6. The number of nitrogens with one attached hydrogen (secondary N) is 1. The van der Waals surface area contributed by atoms with Crippen molar-refractivity contribution in [1.29, 1.82) is 0 Å². The van der Waals surface area contributed by atoms with Crippen molar-refractivity contribution < 1.29 is 19.4 Å². The molecule has 1 aliphatic rings. The van der Waals surface area contributed by atoms with Crippen molar-refractivity contribution >= 4 is 28.8 Å². The van der Waals surface area contributed by atoms with Gasteiger partial charge in [0.2, 0.25) is 0 Å². The summed E-state index contributed by atoms with van der Waals surface area (Å²) < 4.78 is 5.97. The van der Waals surface area contributed by atoms with Gasteiger partial charge in [0, 0.05) is 23.8 Å². The number of benzene rings is 1. The number of hydrogen-bond donors (Lipinski definition) is 2. The minimum absolute atomic E-state index is 0.00620. The van der Waals surface area contributed by atoms with Gasteiger partial charge in [-0.1, -0.05) is 6.92 Å². The summed E-state index contributed by atoms with van der Waals surface area (Å²) >= 11 is 1.45. The van der Waals surface area contributed by atoms with Crippen LogP contribution < -0.4 is 10.1 Å². The molecule has 1 aromatic carbocycles. The van der Waals surface area contributed by atoms with E-state index in [0.717, 1.165) is 11.4 Å². The summed E-state index contributed by atoms with van der Waals surface area (Å²) in [6, 6.07) is 4.71. The molecule has 0 bridgehead atoms. The van der Waals surface area contributed by atoms with E-state index in [1.807, 2.05) is 19.2 Å². The van der Waals surface area contributed by atoms with Crippen LogP contribution >= 0.6 is 11.3 Å². The molecule has 0 radical (unpaired) electrons. The van der Waals surface area contributed by atoms with Crippen LogP contribution in [0.3, 0.4) is 0 Å². The first-order valence-electron chi connectivity index (χ1n) is 8.85. The predicted molar refractivity (Wildman–Crippen MR) is 103 cm³/mol. The van der Waals surface area contributed by atoms with Gasteiger partial charge in [-0.25, -0.2) is 9.78 Å². The Morgan fingerprint density at radius 3 is 2.96 bits per heavy atom. The van der Waals surface area contributed by atoms with Crippen molar-refractivity contribution in [3.63, 3.8) is 0 Å². The Balaban J connectivity index is 1.74. The summed E-state index contributed by atoms with van der Waals surface area (Å²) in [5.74, 6) is 0.551. The van der Waals surface area contributed by atoms with Crippen LogP contribution in [0.1, 0.15) is 42.1 Å². The molecule has 2 amide bonds. The molecular formula is C19H23N3O4S. The molecule has 1 aromatic heterocycles. The van der Waals surface area contributed by atoms with E-state index in [4.69, 9.17) is 4.74 Å². The topological polar surface area (TPSA) is 91.8 Å². The number of carbonyl (C=O) groups excluding carboxylic acids is 2. The third-order valence-electron chi connectivity index (χ3n) is 4.64. The highest BCUT2D eigenvalue weighted by molar-refractivity contribution is 7.09. The monoisotopic (exact) mass is 389 g/mol. The van der Waals surface area contributed by atoms with Crippen LogP contribution in [-0.4, -0.2) is 45.6 Å². The molecule has 0 saturated carbocycles. The number of aromatic nitrogens is 1. The first-order valence-corrected chi connectivity index (χ1v) is 9.73. The fraction of sp³-hybridized carbons (Fsp3) is 0.421. The summed E-state index contributed by atoms with van der Waals surface area (Å²) in [6.07, 6.45) is 2.73. The van der Waals surface area contributed by atoms with Crippen molar-refractivity contribution in [2.75, 3.05) is 18.5 Å². The van der Waals surface area contributed by atoms with Crippen molar-refractivity contribution in [2.24, 2.45) is 0 Å². The Kier molecular flexibility index (Phi) is 5.76. The molecule has 0 fully saturated rings. The molecular weight excluding hydrogens is 366 g/mol. The molecule has 8 heteroatoms. The Bertz CT molecular complexity index is 824. The number of ether oxygens (including phenoxy) is 1. The van der Waals surface area contributed by atoms with E-state index in [1.54, 1.807) is 24.4 Å². The zero-order chi connectivity index (χ0) is 19.4. The highest BCUT2D eigenvalue weighted by Gasteiger charge is 2.35. The second-order valence-electron chi connectivity index (χ2n) is 6.72. The lowest BCUT2D eigenvalue weighted by Gasteiger charge is -2.34. The fourth-order valence-corrected chi connectivity index (χ4v) is 3.55. The van der Waals surface area contributed by atoms with Crippen molar-refractivity contribution in [3.8, 4) is 5.75 Å². The van der Waals surface area contributed by atoms with Gasteiger partial charge in [-0.05, 0) is 31.5 Å². The molecule has 27 heavy (non-hydrogen) atoms. The van der Waals surface area contributed by atoms with Crippen molar-refractivity contribution in [1.82, 2.24) is 9.88 Å². The average Bonchev–Trinajstić information content (AvgIpc) is 3.15. The van der Waals surface area contributed by atoms with Crippen LogP contribution in [0.15, 0.2) is 29.8 Å². The number of fused-ring (bicyclic) bond motifs is 1. The number of thiazole rings is 1. The molecule has 3 rings (SSSR count). The number of ketones is 1. The van der Waals surface area contributed by atoms with Gasteiger partial charge in [0.05, 0.1) is 25.1 Å². The van der Waals surface area contributed by atoms with Gasteiger partial charge >= 0.3 is 6.03 Å². The number of Topliss-reactive ketones (excluding diaryl/α,β-unsaturated/α-hetero) is 1. The lowest BCUT2D eigenvalue weighted by molar-refractivity contribution is 0.0499. The number of nitrogens with zero attached hydrogens (tertiary/aromatic N) is 2. The smallest absolute Gasteiger partial charge is 0.322 e. The van der Waals surface area contributed by atoms with E-state index >= 15 is 0 Å². The summed E-state index contributed by atoms with van der Waals surface area (Å²) in [6.45, 7) is 4.27. The summed E-state index contributed by atoms with van der Waals surface area (Å²) in [5.41, 5.74) is 0.505. The third-order valence-corrected chi connectivity index (χ3v) is 5.40. The molecule has 0 unspecified atom stereocenters. The minimum atomic E-state index is -0.486. The normalized spacial score (nSPS) is 18.6. The van der Waals surface area contributed by atoms with E-state index in [1.165, 1.54) is 16.2 Å². The molecule has 2 aromatic rings. The largest absolute Gasteiger partial charge is 0.486 e. The summed E-state index contributed by atoms with van der Waals surface area (Å²) in [5, 5.41) is 14.7. The second-order valence-corrected chi connectivity index (χ2v) is 7.70. The van der Waals surface area contributed by atoms with Crippen LogP contribution in [-0.2, 0) is 6.54 Å². The number of aliphatic hydroxyl groups is 1. The van der Waals surface area contributed by atoms with Gasteiger partial charge in [0.15, 0.2) is 5.78 Å². The molecule has 0 aliphatic carbocycles. The SMILES string of the molecule is CC[C@]1(C)CC(=O)c2cc(NC(=O)N(CCO)Cc3nccs3)ccc2O1. The predicted octanol–water partition coefficient (Wildman–Crippen LogP) is 3.30. The van der Waals surface area contributed by atoms with E-state index in [2.05, 4.69) is 10.3 Å². The van der Waals surface area contributed by atoms with Gasteiger partial charge < -0.3 is 20.1 Å². The Labute approximate surface area is 162 Å².